The lowest BCUT2D eigenvalue weighted by molar-refractivity contribution is 1.65. The summed E-state index contributed by atoms with van der Waals surface area (Å²) < 4.78 is 1.25. The molecule has 3 aromatic carbocycles. The van der Waals surface area contributed by atoms with Gasteiger partial charge in [0.1, 0.15) is 0 Å². The summed E-state index contributed by atoms with van der Waals surface area (Å²) in [5.41, 5.74) is 3.68. The molecular formula is C21H14ClS+. The summed E-state index contributed by atoms with van der Waals surface area (Å²) in [5, 5.41) is 1.97. The maximum atomic E-state index is 6.24. The fourth-order valence-corrected chi connectivity index (χ4v) is 4.01. The minimum Gasteiger partial charge on any atom is -0.0843 e. The summed E-state index contributed by atoms with van der Waals surface area (Å²) in [6, 6.07) is 29.4. The minimum atomic E-state index is 0.773. The van der Waals surface area contributed by atoms with E-state index >= 15 is 0 Å². The summed E-state index contributed by atoms with van der Waals surface area (Å²) in [6.45, 7) is 0. The Morgan fingerprint density at radius 1 is 0.652 bits per heavy atom. The zero-order chi connectivity index (χ0) is 15.6. The molecule has 0 spiro atoms. The molecule has 0 radical (unpaired) electrons. The monoisotopic (exact) mass is 333 g/mol. The van der Waals surface area contributed by atoms with Crippen molar-refractivity contribution in [1.29, 1.82) is 0 Å². The van der Waals surface area contributed by atoms with Crippen LogP contribution in [0.3, 0.4) is 0 Å². The van der Waals surface area contributed by atoms with Gasteiger partial charge in [0.15, 0.2) is 0 Å². The fourth-order valence-electron chi connectivity index (χ4n) is 2.76. The first kappa shape index (κ1) is 14.4. The van der Waals surface area contributed by atoms with Gasteiger partial charge in [0.25, 0.3) is 0 Å². The zero-order valence-corrected chi connectivity index (χ0v) is 13.9. The van der Waals surface area contributed by atoms with Crippen molar-refractivity contribution in [2.75, 3.05) is 0 Å². The van der Waals surface area contributed by atoms with Crippen LogP contribution in [-0.4, -0.2) is 0 Å². The smallest absolute Gasteiger partial charge is 0.0843 e. The molecule has 0 amide bonds. The van der Waals surface area contributed by atoms with Gasteiger partial charge in [0.2, 0.25) is 20.9 Å². The molecule has 0 N–H and O–H groups in total. The Kier molecular flexibility index (Phi) is 3.82. The molecular weight excluding hydrogens is 320 g/mol. The van der Waals surface area contributed by atoms with Gasteiger partial charge in [-0.15, -0.1) is 0 Å². The van der Waals surface area contributed by atoms with Crippen LogP contribution in [0.4, 0.5) is 0 Å². The molecule has 0 saturated heterocycles. The molecule has 0 fully saturated rings. The number of fused-ring (bicyclic) bond motifs is 1. The van der Waals surface area contributed by atoms with Crippen LogP contribution in [0.1, 0.15) is 0 Å². The third-order valence-corrected chi connectivity index (χ3v) is 5.25. The highest BCUT2D eigenvalue weighted by Gasteiger charge is 2.18. The van der Waals surface area contributed by atoms with E-state index in [2.05, 4.69) is 66.7 Å². The lowest BCUT2D eigenvalue weighted by Gasteiger charge is -2.04. The van der Waals surface area contributed by atoms with E-state index in [0.717, 1.165) is 5.02 Å². The first-order valence-corrected chi connectivity index (χ1v) is 8.68. The maximum absolute atomic E-state index is 6.24. The minimum absolute atomic E-state index is 0.773. The summed E-state index contributed by atoms with van der Waals surface area (Å²) in [6.07, 6.45) is 0. The highest BCUT2D eigenvalue weighted by molar-refractivity contribution is 7.21. The Balaban J connectivity index is 2.04. The molecule has 0 aliphatic carbocycles. The number of hydrogen-bond acceptors (Lipinski definition) is 0. The van der Waals surface area contributed by atoms with Crippen molar-refractivity contribution in [3.8, 4) is 21.6 Å². The fraction of sp³-hybridized carbons (Fsp3) is 0. The molecule has 23 heavy (non-hydrogen) atoms. The highest BCUT2D eigenvalue weighted by atomic mass is 35.5. The molecule has 1 aromatic heterocycles. The molecule has 2 heteroatoms. The van der Waals surface area contributed by atoms with Crippen molar-refractivity contribution in [2.45, 2.75) is 0 Å². The van der Waals surface area contributed by atoms with Crippen molar-refractivity contribution < 1.29 is 0 Å². The van der Waals surface area contributed by atoms with Gasteiger partial charge in [0, 0.05) is 33.7 Å². The van der Waals surface area contributed by atoms with Crippen molar-refractivity contribution in [2.24, 2.45) is 0 Å². The second kappa shape index (κ2) is 6.11. The first-order chi connectivity index (χ1) is 11.3. The predicted molar refractivity (Wildman–Crippen MR) is 102 cm³/mol. The molecule has 0 atom stereocenters. The Labute approximate surface area is 144 Å². The van der Waals surface area contributed by atoms with Crippen LogP contribution in [0.5, 0.6) is 0 Å². The Morgan fingerprint density at radius 3 is 2.00 bits per heavy atom. The molecule has 0 saturated carbocycles. The van der Waals surface area contributed by atoms with Gasteiger partial charge >= 0.3 is 0 Å². The predicted octanol–water partition coefficient (Wildman–Crippen LogP) is 7.17. The molecule has 110 valence electrons. The van der Waals surface area contributed by atoms with Crippen LogP contribution in [0, 0.1) is 0 Å². The SMILES string of the molecule is Clc1ccc2[s+]c(-c3ccccc3)cc(-c3ccccc3)c2c1. The topological polar surface area (TPSA) is 0 Å². The maximum Gasteiger partial charge on any atom is 0.239 e. The summed E-state index contributed by atoms with van der Waals surface area (Å²) in [5.74, 6) is 0. The molecule has 0 bridgehead atoms. The third kappa shape index (κ3) is 2.86. The Hall–Kier alpha value is -2.22. The van der Waals surface area contributed by atoms with Crippen molar-refractivity contribution >= 4 is 33.0 Å². The van der Waals surface area contributed by atoms with Crippen molar-refractivity contribution in [1.82, 2.24) is 0 Å². The number of rotatable bonds is 2. The first-order valence-electron chi connectivity index (χ1n) is 7.48. The second-order valence-electron chi connectivity index (χ2n) is 5.40. The molecule has 4 aromatic rings. The van der Waals surface area contributed by atoms with Crippen molar-refractivity contribution in [3.63, 3.8) is 0 Å². The molecule has 0 nitrogen and oxygen atoms in total. The van der Waals surface area contributed by atoms with E-state index in [0.29, 0.717) is 0 Å². The van der Waals surface area contributed by atoms with E-state index < -0.39 is 0 Å². The molecule has 0 unspecified atom stereocenters. The van der Waals surface area contributed by atoms with Gasteiger partial charge < -0.3 is 0 Å². The average molecular weight is 334 g/mol. The van der Waals surface area contributed by atoms with Gasteiger partial charge in [-0.1, -0.05) is 60.1 Å². The van der Waals surface area contributed by atoms with E-state index in [-0.39, 0.29) is 0 Å². The van der Waals surface area contributed by atoms with E-state index in [1.807, 2.05) is 18.2 Å². The van der Waals surface area contributed by atoms with Gasteiger partial charge in [-0.3, -0.25) is 0 Å². The van der Waals surface area contributed by atoms with Crippen LogP contribution < -0.4 is 0 Å². The standard InChI is InChI=1S/C21H14ClS/c22-17-11-12-20-19(13-17)18(15-7-3-1-4-8-15)14-21(23-20)16-9-5-2-6-10-16/h1-14H/q+1. The van der Waals surface area contributed by atoms with Gasteiger partial charge in [0.05, 0.1) is 0 Å². The van der Waals surface area contributed by atoms with E-state index in [1.54, 1.807) is 11.3 Å². The highest BCUT2D eigenvalue weighted by Crippen LogP contribution is 2.38. The van der Waals surface area contributed by atoms with Crippen molar-refractivity contribution in [3.05, 3.63) is 90.0 Å². The lowest BCUT2D eigenvalue weighted by atomic mass is 10.0. The summed E-state index contributed by atoms with van der Waals surface area (Å²) in [7, 11) is 0. The number of halogens is 1. The molecule has 1 heterocycles. The van der Waals surface area contributed by atoms with E-state index in [4.69, 9.17) is 11.6 Å². The van der Waals surface area contributed by atoms with Crippen LogP contribution in [0.25, 0.3) is 31.7 Å². The van der Waals surface area contributed by atoms with Gasteiger partial charge in [-0.2, -0.15) is 0 Å². The van der Waals surface area contributed by atoms with Gasteiger partial charge in [-0.25, -0.2) is 0 Å². The van der Waals surface area contributed by atoms with E-state index in [1.165, 1.54) is 31.7 Å². The van der Waals surface area contributed by atoms with E-state index in [9.17, 15) is 0 Å². The largest absolute Gasteiger partial charge is 0.239 e. The summed E-state index contributed by atoms with van der Waals surface area (Å²) >= 11 is 8.04. The molecule has 0 aliphatic rings. The van der Waals surface area contributed by atoms with Crippen LogP contribution in [0.15, 0.2) is 84.9 Å². The lowest BCUT2D eigenvalue weighted by Crippen LogP contribution is -1.83. The number of hydrogen-bond donors (Lipinski definition) is 0. The van der Waals surface area contributed by atoms with Crippen LogP contribution >= 0.6 is 22.9 Å². The quantitative estimate of drug-likeness (QED) is 0.341. The molecule has 4 rings (SSSR count). The van der Waals surface area contributed by atoms with Crippen LogP contribution in [-0.2, 0) is 0 Å². The normalized spacial score (nSPS) is 10.8. The Bertz CT molecular complexity index is 963. The second-order valence-corrected chi connectivity index (χ2v) is 6.92. The average Bonchev–Trinajstić information content (AvgIpc) is 2.62. The van der Waals surface area contributed by atoms with Crippen LogP contribution in [0.2, 0.25) is 5.02 Å². The Morgan fingerprint density at radius 2 is 1.30 bits per heavy atom. The third-order valence-electron chi connectivity index (χ3n) is 3.87. The summed E-state index contributed by atoms with van der Waals surface area (Å²) in [4.78, 5) is 1.26. The van der Waals surface area contributed by atoms with Gasteiger partial charge in [-0.05, 0) is 29.8 Å². The zero-order valence-electron chi connectivity index (χ0n) is 12.4. The number of benzene rings is 3. The molecule has 0 aliphatic heterocycles.